The predicted octanol–water partition coefficient (Wildman–Crippen LogP) is 1.76. The van der Waals surface area contributed by atoms with Crippen LogP contribution in [0.25, 0.3) is 0 Å². The topological polar surface area (TPSA) is 98.3 Å². The van der Waals surface area contributed by atoms with Gasteiger partial charge in [0.15, 0.2) is 0 Å². The van der Waals surface area contributed by atoms with Crippen LogP contribution >= 0.6 is 0 Å². The van der Waals surface area contributed by atoms with Crippen molar-refractivity contribution in [3.05, 3.63) is 39.4 Å². The Labute approximate surface area is 117 Å². The number of aryl methyl sites for hydroxylation is 1. The van der Waals surface area contributed by atoms with Gasteiger partial charge < -0.3 is 11.1 Å². The molecule has 0 saturated heterocycles. The lowest BCUT2D eigenvalue weighted by Gasteiger charge is -2.29. The first-order valence-electron chi connectivity index (χ1n) is 6.65. The summed E-state index contributed by atoms with van der Waals surface area (Å²) in [6.07, 6.45) is 2.06. The zero-order valence-electron chi connectivity index (χ0n) is 11.7. The molecule has 1 aliphatic carbocycles. The normalized spacial score (nSPS) is 17.4. The molecule has 0 radical (unpaired) electrons. The summed E-state index contributed by atoms with van der Waals surface area (Å²) in [5, 5.41) is 14.0. The molecule has 1 saturated carbocycles. The summed E-state index contributed by atoms with van der Waals surface area (Å²) in [4.78, 5) is 23.0. The van der Waals surface area contributed by atoms with Crippen LogP contribution in [0.4, 0.5) is 5.69 Å². The highest BCUT2D eigenvalue weighted by molar-refractivity contribution is 5.99. The van der Waals surface area contributed by atoms with E-state index in [1.807, 2.05) is 6.92 Å². The van der Waals surface area contributed by atoms with Crippen LogP contribution in [0.3, 0.4) is 0 Å². The number of hydrogen-bond acceptors (Lipinski definition) is 4. The number of carbonyl (C=O) groups excluding carboxylic acids is 1. The van der Waals surface area contributed by atoms with E-state index in [1.165, 1.54) is 6.07 Å². The molecule has 6 nitrogen and oxygen atoms in total. The van der Waals surface area contributed by atoms with E-state index in [4.69, 9.17) is 5.73 Å². The molecule has 0 aliphatic heterocycles. The molecule has 0 aromatic heterocycles. The van der Waals surface area contributed by atoms with Crippen LogP contribution in [0.5, 0.6) is 0 Å². The molecule has 2 rings (SSSR count). The summed E-state index contributed by atoms with van der Waals surface area (Å²) in [7, 11) is 0. The first kappa shape index (κ1) is 14.5. The van der Waals surface area contributed by atoms with Crippen molar-refractivity contribution < 1.29 is 9.72 Å². The fraction of sp³-hybridized carbons (Fsp3) is 0.500. The number of para-hydroxylation sites is 1. The minimum Gasteiger partial charge on any atom is -0.345 e. The number of amides is 1. The molecule has 1 aromatic carbocycles. The van der Waals surface area contributed by atoms with Gasteiger partial charge in [0.2, 0.25) is 0 Å². The first-order chi connectivity index (χ1) is 9.39. The molecule has 1 amide bonds. The quantitative estimate of drug-likeness (QED) is 0.633. The van der Waals surface area contributed by atoms with Gasteiger partial charge in [0.25, 0.3) is 11.6 Å². The van der Waals surface area contributed by atoms with Crippen LogP contribution in [0.1, 0.15) is 35.7 Å². The van der Waals surface area contributed by atoms with Crippen LogP contribution in [0.2, 0.25) is 0 Å². The van der Waals surface area contributed by atoms with Crippen molar-refractivity contribution in [2.75, 3.05) is 6.54 Å². The Kier molecular flexibility index (Phi) is 3.76. The van der Waals surface area contributed by atoms with Crippen molar-refractivity contribution in [2.24, 2.45) is 11.7 Å². The predicted molar refractivity (Wildman–Crippen MR) is 75.5 cm³/mol. The van der Waals surface area contributed by atoms with E-state index in [9.17, 15) is 14.9 Å². The Morgan fingerprint density at radius 1 is 1.55 bits per heavy atom. The summed E-state index contributed by atoms with van der Waals surface area (Å²) in [6.45, 7) is 3.84. The molecule has 0 bridgehead atoms. The van der Waals surface area contributed by atoms with Gasteiger partial charge in [-0.3, -0.25) is 14.9 Å². The van der Waals surface area contributed by atoms with Crippen molar-refractivity contribution >= 4 is 11.6 Å². The van der Waals surface area contributed by atoms with Gasteiger partial charge in [-0.15, -0.1) is 0 Å². The van der Waals surface area contributed by atoms with E-state index in [2.05, 4.69) is 5.32 Å². The number of nitrogens with one attached hydrogen (secondary N) is 1. The van der Waals surface area contributed by atoms with Crippen LogP contribution in [-0.4, -0.2) is 22.9 Å². The third-order valence-electron chi connectivity index (χ3n) is 3.97. The largest absolute Gasteiger partial charge is 0.345 e. The highest BCUT2D eigenvalue weighted by Gasteiger charge is 2.42. The molecule has 108 valence electrons. The fourth-order valence-corrected chi connectivity index (χ4v) is 2.45. The molecule has 0 heterocycles. The Bertz CT molecular complexity index is 555. The van der Waals surface area contributed by atoms with Crippen LogP contribution in [0.15, 0.2) is 18.2 Å². The number of nitrogens with zero attached hydrogens (tertiary/aromatic N) is 1. The molecule has 1 aromatic rings. The highest BCUT2D eigenvalue weighted by atomic mass is 16.6. The molecule has 6 heteroatoms. The molecule has 20 heavy (non-hydrogen) atoms. The van der Waals surface area contributed by atoms with E-state index < -0.39 is 16.4 Å². The highest BCUT2D eigenvalue weighted by Crippen LogP contribution is 2.39. The smallest absolute Gasteiger partial charge is 0.285 e. The van der Waals surface area contributed by atoms with E-state index in [0.717, 1.165) is 12.8 Å². The van der Waals surface area contributed by atoms with Crippen LogP contribution < -0.4 is 11.1 Å². The molecule has 1 fully saturated rings. The molecular weight excluding hydrogens is 258 g/mol. The minimum absolute atomic E-state index is 0.0929. The number of nitro groups is 1. The van der Waals surface area contributed by atoms with Gasteiger partial charge in [0.05, 0.1) is 10.5 Å². The summed E-state index contributed by atoms with van der Waals surface area (Å²) >= 11 is 0. The summed E-state index contributed by atoms with van der Waals surface area (Å²) in [5.41, 5.74) is 5.69. The fourth-order valence-electron chi connectivity index (χ4n) is 2.45. The average molecular weight is 277 g/mol. The average Bonchev–Trinajstić information content (AvgIpc) is 3.22. The zero-order chi connectivity index (χ0) is 14.9. The van der Waals surface area contributed by atoms with Crippen molar-refractivity contribution in [3.63, 3.8) is 0 Å². The molecule has 1 aliphatic rings. The van der Waals surface area contributed by atoms with Gasteiger partial charge in [-0.1, -0.05) is 12.1 Å². The Balaban J connectivity index is 2.30. The first-order valence-corrected chi connectivity index (χ1v) is 6.65. The molecule has 1 atom stereocenters. The van der Waals surface area contributed by atoms with Gasteiger partial charge in [-0.05, 0) is 38.7 Å². The molecular formula is C14H19N3O3. The number of benzene rings is 1. The third kappa shape index (κ3) is 2.65. The van der Waals surface area contributed by atoms with E-state index >= 15 is 0 Å². The molecule has 0 spiro atoms. The number of hydrogen-bond donors (Lipinski definition) is 2. The van der Waals surface area contributed by atoms with Crippen molar-refractivity contribution in [3.8, 4) is 0 Å². The summed E-state index contributed by atoms with van der Waals surface area (Å²) in [5.74, 6) is -0.0689. The third-order valence-corrected chi connectivity index (χ3v) is 3.97. The standard InChI is InChI=1S/C14H19N3O3/c1-9-4-3-5-11(12(9)17(19)20)13(18)16-14(2,8-15)10-6-7-10/h3-5,10H,6-8,15H2,1-2H3,(H,16,18). The van der Waals surface area contributed by atoms with Gasteiger partial charge in [0.1, 0.15) is 5.56 Å². The summed E-state index contributed by atoms with van der Waals surface area (Å²) < 4.78 is 0. The second-order valence-electron chi connectivity index (χ2n) is 5.58. The molecule has 1 unspecified atom stereocenters. The Hall–Kier alpha value is -1.95. The molecule has 3 N–H and O–H groups in total. The maximum absolute atomic E-state index is 12.4. The Morgan fingerprint density at radius 3 is 2.70 bits per heavy atom. The van der Waals surface area contributed by atoms with E-state index in [-0.39, 0.29) is 11.3 Å². The SMILES string of the molecule is Cc1cccc(C(=O)NC(C)(CN)C2CC2)c1[N+](=O)[O-]. The second kappa shape index (κ2) is 5.20. The van der Waals surface area contributed by atoms with Gasteiger partial charge in [0, 0.05) is 12.1 Å². The van der Waals surface area contributed by atoms with E-state index in [1.54, 1.807) is 19.1 Å². The van der Waals surface area contributed by atoms with Gasteiger partial charge in [-0.2, -0.15) is 0 Å². The van der Waals surface area contributed by atoms with E-state index in [0.29, 0.717) is 18.0 Å². The number of nitro benzene ring substituents is 1. The Morgan fingerprint density at radius 2 is 2.20 bits per heavy atom. The van der Waals surface area contributed by atoms with Crippen molar-refractivity contribution in [1.82, 2.24) is 5.32 Å². The number of rotatable bonds is 5. The zero-order valence-corrected chi connectivity index (χ0v) is 11.7. The van der Waals surface area contributed by atoms with Gasteiger partial charge >= 0.3 is 0 Å². The summed E-state index contributed by atoms with van der Waals surface area (Å²) in [6, 6.07) is 4.75. The number of carbonyl (C=O) groups is 1. The lowest BCUT2D eigenvalue weighted by molar-refractivity contribution is -0.385. The van der Waals surface area contributed by atoms with Crippen molar-refractivity contribution in [2.45, 2.75) is 32.2 Å². The van der Waals surface area contributed by atoms with Crippen molar-refractivity contribution in [1.29, 1.82) is 0 Å². The lowest BCUT2D eigenvalue weighted by Crippen LogP contribution is -2.53. The van der Waals surface area contributed by atoms with Crippen LogP contribution in [0, 0.1) is 23.0 Å². The minimum atomic E-state index is -0.513. The van der Waals surface area contributed by atoms with Gasteiger partial charge in [-0.25, -0.2) is 0 Å². The second-order valence-corrected chi connectivity index (χ2v) is 5.58. The maximum atomic E-state index is 12.4. The maximum Gasteiger partial charge on any atom is 0.285 e. The van der Waals surface area contributed by atoms with Crippen LogP contribution in [-0.2, 0) is 0 Å². The monoisotopic (exact) mass is 277 g/mol. The lowest BCUT2D eigenvalue weighted by atomic mass is 9.95. The number of nitrogens with two attached hydrogens (primary N) is 1.